The second-order valence-corrected chi connectivity index (χ2v) is 8.83. The number of fused-ring (bicyclic) bond motifs is 1. The Labute approximate surface area is 154 Å². The normalized spacial score (nSPS) is 16.4. The fourth-order valence-electron chi connectivity index (χ4n) is 2.95. The van der Waals surface area contributed by atoms with Crippen molar-refractivity contribution in [2.45, 2.75) is 24.8 Å². The maximum absolute atomic E-state index is 12.9. The van der Waals surface area contributed by atoms with Crippen molar-refractivity contribution in [2.24, 2.45) is 0 Å². The van der Waals surface area contributed by atoms with Crippen molar-refractivity contribution < 1.29 is 8.42 Å². The summed E-state index contributed by atoms with van der Waals surface area (Å²) in [6, 6.07) is 13.4. The molecule has 1 aliphatic heterocycles. The van der Waals surface area contributed by atoms with Crippen LogP contribution in [0.2, 0.25) is 0 Å². The third kappa shape index (κ3) is 3.94. The van der Waals surface area contributed by atoms with E-state index in [-0.39, 0.29) is 6.04 Å². The average molecular weight is 378 g/mol. The molecule has 1 fully saturated rings. The third-order valence-corrected chi connectivity index (χ3v) is 6.57. The van der Waals surface area contributed by atoms with Gasteiger partial charge in [0.15, 0.2) is 5.11 Å². The molecule has 0 spiro atoms. The minimum absolute atomic E-state index is 0.270. The smallest absolute Gasteiger partial charge is 0.243 e. The number of rotatable bonds is 3. The van der Waals surface area contributed by atoms with E-state index in [2.05, 4.69) is 5.32 Å². The fraction of sp³-hybridized carbons (Fsp3) is 0.389. The number of hydrogen-bond acceptors (Lipinski definition) is 3. The summed E-state index contributed by atoms with van der Waals surface area (Å²) in [6.45, 7) is 6.15. The van der Waals surface area contributed by atoms with Gasteiger partial charge in [0.2, 0.25) is 10.0 Å². The number of piperazine rings is 1. The van der Waals surface area contributed by atoms with Crippen molar-refractivity contribution in [1.82, 2.24) is 14.5 Å². The molecule has 3 rings (SSSR count). The third-order valence-electron chi connectivity index (χ3n) is 4.30. The molecule has 0 bridgehead atoms. The molecular weight excluding hydrogens is 354 g/mol. The lowest BCUT2D eigenvalue weighted by molar-refractivity contribution is 0.263. The highest BCUT2D eigenvalue weighted by atomic mass is 32.2. The Morgan fingerprint density at radius 3 is 2.32 bits per heavy atom. The highest BCUT2D eigenvalue weighted by molar-refractivity contribution is 7.89. The number of thiocarbonyl (C=S) groups is 1. The Morgan fingerprint density at radius 2 is 1.68 bits per heavy atom. The summed E-state index contributed by atoms with van der Waals surface area (Å²) < 4.78 is 27.4. The summed E-state index contributed by atoms with van der Waals surface area (Å²) >= 11 is 5.38. The molecule has 1 N–H and O–H groups in total. The number of sulfonamides is 1. The second-order valence-electron chi connectivity index (χ2n) is 6.50. The monoisotopic (exact) mass is 377 g/mol. The highest BCUT2D eigenvalue weighted by Crippen LogP contribution is 2.22. The van der Waals surface area contributed by atoms with E-state index in [1.807, 2.05) is 49.1 Å². The van der Waals surface area contributed by atoms with Gasteiger partial charge in [-0.1, -0.05) is 30.3 Å². The molecule has 0 aliphatic carbocycles. The first-order valence-corrected chi connectivity index (χ1v) is 10.3. The number of nitrogens with zero attached hydrogens (tertiary/aromatic N) is 2. The molecule has 0 unspecified atom stereocenters. The van der Waals surface area contributed by atoms with Crippen LogP contribution in [0.5, 0.6) is 0 Å². The van der Waals surface area contributed by atoms with E-state index < -0.39 is 10.0 Å². The standard InChI is InChI=1S/C18H23N3O2S2/c1-14(2)19-18(24)20-9-11-21(12-10-20)25(22,23)17-8-7-15-5-3-4-6-16(15)13-17/h3-8,13-14H,9-12H2,1-2H3,(H,19,24). The predicted octanol–water partition coefficient (Wildman–Crippen LogP) is 2.43. The van der Waals surface area contributed by atoms with E-state index in [9.17, 15) is 8.42 Å². The molecule has 0 atom stereocenters. The Bertz CT molecular complexity index is 873. The van der Waals surface area contributed by atoms with Gasteiger partial charge in [0.25, 0.3) is 0 Å². The summed E-state index contributed by atoms with van der Waals surface area (Å²) in [5.41, 5.74) is 0. The van der Waals surface area contributed by atoms with Crippen molar-refractivity contribution in [3.63, 3.8) is 0 Å². The van der Waals surface area contributed by atoms with Crippen LogP contribution in [0.1, 0.15) is 13.8 Å². The largest absolute Gasteiger partial charge is 0.360 e. The van der Waals surface area contributed by atoms with Crippen LogP contribution in [0.25, 0.3) is 10.8 Å². The van der Waals surface area contributed by atoms with Crippen molar-refractivity contribution in [3.05, 3.63) is 42.5 Å². The summed E-state index contributed by atoms with van der Waals surface area (Å²) in [7, 11) is -3.48. The second kappa shape index (κ2) is 7.27. The fourth-order valence-corrected chi connectivity index (χ4v) is 4.82. The molecule has 5 nitrogen and oxygen atoms in total. The molecule has 7 heteroatoms. The molecule has 134 valence electrons. The van der Waals surface area contributed by atoms with Crippen LogP contribution in [0.4, 0.5) is 0 Å². The minimum Gasteiger partial charge on any atom is -0.360 e. The molecule has 0 radical (unpaired) electrons. The molecule has 2 aromatic rings. The molecule has 0 amide bonds. The van der Waals surface area contributed by atoms with Crippen LogP contribution in [0, 0.1) is 0 Å². The SMILES string of the molecule is CC(C)NC(=S)N1CCN(S(=O)(=O)c2ccc3ccccc3c2)CC1. The zero-order chi connectivity index (χ0) is 18.0. The van der Waals surface area contributed by atoms with Gasteiger partial charge in [-0.25, -0.2) is 8.42 Å². The van der Waals surface area contributed by atoms with Crippen LogP contribution in [0.3, 0.4) is 0 Å². The van der Waals surface area contributed by atoms with Gasteiger partial charge in [-0.3, -0.25) is 0 Å². The zero-order valence-corrected chi connectivity index (χ0v) is 16.1. The van der Waals surface area contributed by atoms with Gasteiger partial charge >= 0.3 is 0 Å². The minimum atomic E-state index is -3.48. The number of hydrogen-bond donors (Lipinski definition) is 1. The summed E-state index contributed by atoms with van der Waals surface area (Å²) in [6.07, 6.45) is 0. The summed E-state index contributed by atoms with van der Waals surface area (Å²) in [4.78, 5) is 2.38. The van der Waals surface area contributed by atoms with Crippen LogP contribution in [0.15, 0.2) is 47.4 Å². The van der Waals surface area contributed by atoms with E-state index in [1.54, 1.807) is 16.4 Å². The van der Waals surface area contributed by atoms with Crippen LogP contribution >= 0.6 is 12.2 Å². The van der Waals surface area contributed by atoms with E-state index in [0.29, 0.717) is 36.2 Å². The Balaban J connectivity index is 1.74. The zero-order valence-electron chi connectivity index (χ0n) is 14.5. The first kappa shape index (κ1) is 18.1. The Hall–Kier alpha value is -1.70. The maximum Gasteiger partial charge on any atom is 0.243 e. The van der Waals surface area contributed by atoms with Gasteiger partial charge in [-0.05, 0) is 49.0 Å². The quantitative estimate of drug-likeness (QED) is 0.833. The molecule has 1 saturated heterocycles. The Kier molecular flexibility index (Phi) is 5.27. The van der Waals surface area contributed by atoms with E-state index >= 15 is 0 Å². The van der Waals surface area contributed by atoms with Gasteiger partial charge in [0.05, 0.1) is 4.90 Å². The van der Waals surface area contributed by atoms with Gasteiger partial charge in [-0.15, -0.1) is 0 Å². The van der Waals surface area contributed by atoms with Gasteiger partial charge in [0, 0.05) is 32.2 Å². The Morgan fingerprint density at radius 1 is 1.04 bits per heavy atom. The summed E-state index contributed by atoms with van der Waals surface area (Å²) in [5, 5.41) is 5.87. The number of nitrogens with one attached hydrogen (secondary N) is 1. The molecule has 1 aliphatic rings. The maximum atomic E-state index is 12.9. The van der Waals surface area contributed by atoms with Crippen molar-refractivity contribution >= 4 is 38.1 Å². The molecule has 1 heterocycles. The lowest BCUT2D eigenvalue weighted by atomic mass is 10.1. The van der Waals surface area contributed by atoms with E-state index in [0.717, 1.165) is 10.8 Å². The van der Waals surface area contributed by atoms with Gasteiger partial charge in [-0.2, -0.15) is 4.31 Å². The molecule has 2 aromatic carbocycles. The van der Waals surface area contributed by atoms with E-state index in [4.69, 9.17) is 12.2 Å². The highest BCUT2D eigenvalue weighted by Gasteiger charge is 2.29. The first-order chi connectivity index (χ1) is 11.9. The summed E-state index contributed by atoms with van der Waals surface area (Å²) in [5.74, 6) is 0. The van der Waals surface area contributed by atoms with Crippen LogP contribution in [-0.2, 0) is 10.0 Å². The predicted molar refractivity (Wildman–Crippen MR) is 105 cm³/mol. The van der Waals surface area contributed by atoms with Gasteiger partial charge < -0.3 is 10.2 Å². The van der Waals surface area contributed by atoms with E-state index in [1.165, 1.54) is 0 Å². The molecule has 0 saturated carbocycles. The molecule has 0 aromatic heterocycles. The topological polar surface area (TPSA) is 52.6 Å². The molecule has 25 heavy (non-hydrogen) atoms. The van der Waals surface area contributed by atoms with Crippen molar-refractivity contribution in [1.29, 1.82) is 0 Å². The van der Waals surface area contributed by atoms with Gasteiger partial charge in [0.1, 0.15) is 0 Å². The first-order valence-electron chi connectivity index (χ1n) is 8.42. The lowest BCUT2D eigenvalue weighted by Crippen LogP contribution is -2.53. The lowest BCUT2D eigenvalue weighted by Gasteiger charge is -2.36. The van der Waals surface area contributed by atoms with Crippen LogP contribution < -0.4 is 5.32 Å². The molecular formula is C18H23N3O2S2. The van der Waals surface area contributed by atoms with Crippen LogP contribution in [-0.4, -0.2) is 55.0 Å². The van der Waals surface area contributed by atoms with Crippen molar-refractivity contribution in [3.8, 4) is 0 Å². The number of benzene rings is 2. The van der Waals surface area contributed by atoms with Crippen molar-refractivity contribution in [2.75, 3.05) is 26.2 Å². The average Bonchev–Trinajstić information content (AvgIpc) is 2.61.